The van der Waals surface area contributed by atoms with Gasteiger partial charge in [-0.2, -0.15) is 0 Å². The standard InChI is InChI=1S/C15H22N4/c1-4-16-14(15-11-17-18-19(15)3)10-9-13-7-5-12(2)6-8-13/h5-8,11,14,16H,4,9-10H2,1-3H3. The van der Waals surface area contributed by atoms with E-state index in [9.17, 15) is 0 Å². The van der Waals surface area contributed by atoms with Gasteiger partial charge in [-0.15, -0.1) is 5.10 Å². The summed E-state index contributed by atoms with van der Waals surface area (Å²) < 4.78 is 1.85. The van der Waals surface area contributed by atoms with Gasteiger partial charge in [0, 0.05) is 7.05 Å². The molecule has 0 aliphatic rings. The summed E-state index contributed by atoms with van der Waals surface area (Å²) >= 11 is 0. The second kappa shape index (κ2) is 6.48. The Labute approximate surface area is 114 Å². The van der Waals surface area contributed by atoms with E-state index in [2.05, 4.69) is 53.7 Å². The Kier molecular flexibility index (Phi) is 4.68. The number of hydrogen-bond donors (Lipinski definition) is 1. The summed E-state index contributed by atoms with van der Waals surface area (Å²) in [6.45, 7) is 5.19. The van der Waals surface area contributed by atoms with Crippen molar-refractivity contribution in [3.63, 3.8) is 0 Å². The normalized spacial score (nSPS) is 12.6. The predicted octanol–water partition coefficient (Wildman–Crippen LogP) is 2.41. The third kappa shape index (κ3) is 3.64. The molecule has 102 valence electrons. The van der Waals surface area contributed by atoms with Gasteiger partial charge in [0.25, 0.3) is 0 Å². The van der Waals surface area contributed by atoms with Gasteiger partial charge in [-0.1, -0.05) is 42.0 Å². The Hall–Kier alpha value is -1.68. The molecule has 2 rings (SSSR count). The lowest BCUT2D eigenvalue weighted by Gasteiger charge is -2.17. The molecule has 0 spiro atoms. The van der Waals surface area contributed by atoms with Crippen molar-refractivity contribution in [1.82, 2.24) is 20.3 Å². The predicted molar refractivity (Wildman–Crippen MR) is 76.9 cm³/mol. The van der Waals surface area contributed by atoms with E-state index in [0.29, 0.717) is 6.04 Å². The van der Waals surface area contributed by atoms with Crippen LogP contribution in [0.3, 0.4) is 0 Å². The molecule has 1 heterocycles. The Bertz CT molecular complexity index is 501. The summed E-state index contributed by atoms with van der Waals surface area (Å²) in [6, 6.07) is 9.07. The number of rotatable bonds is 6. The van der Waals surface area contributed by atoms with E-state index in [1.807, 2.05) is 17.9 Å². The van der Waals surface area contributed by atoms with Crippen LogP contribution in [-0.2, 0) is 13.5 Å². The molecule has 0 amide bonds. The third-order valence-electron chi connectivity index (χ3n) is 3.40. The van der Waals surface area contributed by atoms with Crippen molar-refractivity contribution in [2.24, 2.45) is 7.05 Å². The first kappa shape index (κ1) is 13.7. The van der Waals surface area contributed by atoms with Crippen molar-refractivity contribution in [3.05, 3.63) is 47.3 Å². The topological polar surface area (TPSA) is 42.7 Å². The van der Waals surface area contributed by atoms with Gasteiger partial charge in [0.05, 0.1) is 17.9 Å². The van der Waals surface area contributed by atoms with Crippen molar-refractivity contribution in [3.8, 4) is 0 Å². The molecule has 1 aromatic heterocycles. The van der Waals surface area contributed by atoms with Crippen LogP contribution in [0, 0.1) is 6.92 Å². The Morgan fingerprint density at radius 3 is 2.58 bits per heavy atom. The van der Waals surface area contributed by atoms with E-state index in [0.717, 1.165) is 25.1 Å². The van der Waals surface area contributed by atoms with E-state index in [-0.39, 0.29) is 0 Å². The number of nitrogens with zero attached hydrogens (tertiary/aromatic N) is 3. The highest BCUT2D eigenvalue weighted by Gasteiger charge is 2.14. The van der Waals surface area contributed by atoms with Gasteiger partial charge in [-0.3, -0.25) is 4.68 Å². The first-order valence-corrected chi connectivity index (χ1v) is 6.84. The number of hydrogen-bond acceptors (Lipinski definition) is 3. The van der Waals surface area contributed by atoms with Gasteiger partial charge >= 0.3 is 0 Å². The van der Waals surface area contributed by atoms with E-state index in [1.165, 1.54) is 11.1 Å². The zero-order valence-electron chi connectivity index (χ0n) is 11.9. The maximum absolute atomic E-state index is 4.01. The molecule has 1 atom stereocenters. The molecule has 2 aromatic rings. The number of benzene rings is 1. The molecular formula is C15H22N4. The Morgan fingerprint density at radius 1 is 1.26 bits per heavy atom. The molecule has 0 fully saturated rings. The first-order valence-electron chi connectivity index (χ1n) is 6.84. The molecular weight excluding hydrogens is 236 g/mol. The van der Waals surface area contributed by atoms with Crippen molar-refractivity contribution in [2.75, 3.05) is 6.54 Å². The highest BCUT2D eigenvalue weighted by molar-refractivity contribution is 5.21. The Balaban J connectivity index is 2.01. The van der Waals surface area contributed by atoms with Crippen LogP contribution >= 0.6 is 0 Å². The molecule has 4 nitrogen and oxygen atoms in total. The van der Waals surface area contributed by atoms with Crippen LogP contribution in [-0.4, -0.2) is 21.5 Å². The fourth-order valence-electron chi connectivity index (χ4n) is 2.28. The molecule has 19 heavy (non-hydrogen) atoms. The fourth-order valence-corrected chi connectivity index (χ4v) is 2.28. The number of aromatic nitrogens is 3. The molecule has 0 aliphatic heterocycles. The molecule has 1 unspecified atom stereocenters. The summed E-state index contributed by atoms with van der Waals surface area (Å²) in [7, 11) is 1.94. The van der Waals surface area contributed by atoms with Crippen LogP contribution in [0.5, 0.6) is 0 Å². The molecule has 4 heteroatoms. The van der Waals surface area contributed by atoms with Gasteiger partial charge in [-0.05, 0) is 31.9 Å². The molecule has 0 bridgehead atoms. The molecule has 1 N–H and O–H groups in total. The van der Waals surface area contributed by atoms with Gasteiger partial charge in [0.2, 0.25) is 0 Å². The highest BCUT2D eigenvalue weighted by atomic mass is 15.4. The minimum atomic E-state index is 0.311. The summed E-state index contributed by atoms with van der Waals surface area (Å²) in [4.78, 5) is 0. The average Bonchev–Trinajstić information content (AvgIpc) is 2.83. The lowest BCUT2D eigenvalue weighted by molar-refractivity contribution is 0.479. The van der Waals surface area contributed by atoms with E-state index in [1.54, 1.807) is 0 Å². The molecule has 1 aromatic carbocycles. The quantitative estimate of drug-likeness (QED) is 0.865. The Morgan fingerprint density at radius 2 is 2.00 bits per heavy atom. The van der Waals surface area contributed by atoms with Crippen LogP contribution in [0.1, 0.15) is 36.2 Å². The van der Waals surface area contributed by atoms with Crippen LogP contribution in [0.25, 0.3) is 0 Å². The minimum Gasteiger partial charge on any atom is -0.309 e. The van der Waals surface area contributed by atoms with E-state index < -0.39 is 0 Å². The lowest BCUT2D eigenvalue weighted by Crippen LogP contribution is -2.23. The second-order valence-electron chi connectivity index (χ2n) is 4.92. The second-order valence-corrected chi connectivity index (χ2v) is 4.92. The van der Waals surface area contributed by atoms with Crippen LogP contribution in [0.2, 0.25) is 0 Å². The molecule has 0 radical (unpaired) electrons. The van der Waals surface area contributed by atoms with Gasteiger partial charge in [0.1, 0.15) is 0 Å². The van der Waals surface area contributed by atoms with Gasteiger partial charge in [-0.25, -0.2) is 0 Å². The van der Waals surface area contributed by atoms with Crippen molar-refractivity contribution < 1.29 is 0 Å². The average molecular weight is 258 g/mol. The number of nitrogens with one attached hydrogen (secondary N) is 1. The van der Waals surface area contributed by atoms with E-state index >= 15 is 0 Å². The van der Waals surface area contributed by atoms with Gasteiger partial charge < -0.3 is 5.32 Å². The van der Waals surface area contributed by atoms with Gasteiger partial charge in [0.15, 0.2) is 0 Å². The molecule has 0 saturated heterocycles. The summed E-state index contributed by atoms with van der Waals surface area (Å²) in [5.74, 6) is 0. The summed E-state index contributed by atoms with van der Waals surface area (Å²) in [5, 5.41) is 11.5. The monoisotopic (exact) mass is 258 g/mol. The zero-order chi connectivity index (χ0) is 13.7. The van der Waals surface area contributed by atoms with Crippen molar-refractivity contribution >= 4 is 0 Å². The summed E-state index contributed by atoms with van der Waals surface area (Å²) in [6.07, 6.45) is 3.96. The molecule has 0 saturated carbocycles. The van der Waals surface area contributed by atoms with Crippen LogP contribution < -0.4 is 5.32 Å². The summed E-state index contributed by atoms with van der Waals surface area (Å²) in [5.41, 5.74) is 3.83. The maximum Gasteiger partial charge on any atom is 0.0753 e. The first-order chi connectivity index (χ1) is 9.20. The van der Waals surface area contributed by atoms with Crippen molar-refractivity contribution in [2.45, 2.75) is 32.7 Å². The number of aryl methyl sites for hydroxylation is 3. The van der Waals surface area contributed by atoms with E-state index in [4.69, 9.17) is 0 Å². The SMILES string of the molecule is CCNC(CCc1ccc(C)cc1)c1cnnn1C. The largest absolute Gasteiger partial charge is 0.309 e. The molecule has 0 aliphatic carbocycles. The smallest absolute Gasteiger partial charge is 0.0753 e. The maximum atomic E-state index is 4.01. The van der Waals surface area contributed by atoms with Crippen LogP contribution in [0.4, 0.5) is 0 Å². The zero-order valence-corrected chi connectivity index (χ0v) is 11.9. The lowest BCUT2D eigenvalue weighted by atomic mass is 10.0. The minimum absolute atomic E-state index is 0.311. The fraction of sp³-hybridized carbons (Fsp3) is 0.467. The third-order valence-corrected chi connectivity index (χ3v) is 3.40. The highest BCUT2D eigenvalue weighted by Crippen LogP contribution is 2.18. The van der Waals surface area contributed by atoms with Crippen LogP contribution in [0.15, 0.2) is 30.5 Å². The van der Waals surface area contributed by atoms with Crippen molar-refractivity contribution in [1.29, 1.82) is 0 Å².